The molecule has 1 unspecified atom stereocenters. The molecular formula is C71H116O6. The van der Waals surface area contributed by atoms with E-state index in [2.05, 4.69) is 142 Å². The van der Waals surface area contributed by atoms with E-state index in [1.165, 1.54) is 122 Å². The van der Waals surface area contributed by atoms with Gasteiger partial charge in [0.2, 0.25) is 0 Å². The number of allylic oxidation sites excluding steroid dienone is 21. The quantitative estimate of drug-likeness (QED) is 0.0261. The van der Waals surface area contributed by atoms with E-state index in [1.54, 1.807) is 6.08 Å². The SMILES string of the molecule is CC/C=C\C/C=C\C/C=C\C/C=C\C/C=C\CC(=O)OCC(COC(=O)CCCCCCCCCC/C=C\C/C=C\C/C=C\CCCCCCC)OC(=O)CCCCCCCC/C=C\C/C=C\C/C=C\CCCCCCC. The predicted octanol–water partition coefficient (Wildman–Crippen LogP) is 21.8. The summed E-state index contributed by atoms with van der Waals surface area (Å²) >= 11 is 0. The summed E-state index contributed by atoms with van der Waals surface area (Å²) in [6.45, 7) is 6.40. The normalized spacial score (nSPS) is 13.0. The highest BCUT2D eigenvalue weighted by atomic mass is 16.6. The lowest BCUT2D eigenvalue weighted by atomic mass is 10.1. The molecule has 0 aromatic carbocycles. The Bertz CT molecular complexity index is 1650. The van der Waals surface area contributed by atoms with E-state index in [1.807, 2.05) is 6.08 Å². The summed E-state index contributed by atoms with van der Waals surface area (Å²) in [5.74, 6) is -1.07. The third-order valence-electron chi connectivity index (χ3n) is 13.1. The fourth-order valence-electron chi connectivity index (χ4n) is 8.41. The van der Waals surface area contributed by atoms with Crippen molar-refractivity contribution in [2.24, 2.45) is 0 Å². The van der Waals surface area contributed by atoms with E-state index < -0.39 is 12.1 Å². The zero-order valence-corrected chi connectivity index (χ0v) is 49.9. The molecule has 1 atom stereocenters. The Kier molecular flexibility index (Phi) is 60.4. The molecule has 0 aliphatic carbocycles. The van der Waals surface area contributed by atoms with Crippen molar-refractivity contribution in [3.8, 4) is 0 Å². The number of unbranched alkanes of at least 4 members (excludes halogenated alkanes) is 24. The van der Waals surface area contributed by atoms with Gasteiger partial charge in [0, 0.05) is 12.8 Å². The van der Waals surface area contributed by atoms with Gasteiger partial charge in [-0.05, 0) is 122 Å². The summed E-state index contributed by atoms with van der Waals surface area (Å²) < 4.78 is 16.8. The second-order valence-corrected chi connectivity index (χ2v) is 20.6. The van der Waals surface area contributed by atoms with Gasteiger partial charge in [-0.2, -0.15) is 0 Å². The first kappa shape index (κ1) is 72.5. The summed E-state index contributed by atoms with van der Waals surface area (Å²) in [5, 5.41) is 0. The van der Waals surface area contributed by atoms with Gasteiger partial charge in [0.15, 0.2) is 6.10 Å². The first-order valence-corrected chi connectivity index (χ1v) is 31.7. The Balaban J connectivity index is 4.50. The molecule has 0 aromatic heterocycles. The van der Waals surface area contributed by atoms with Crippen molar-refractivity contribution in [3.63, 3.8) is 0 Å². The fourth-order valence-corrected chi connectivity index (χ4v) is 8.41. The molecule has 0 N–H and O–H groups in total. The van der Waals surface area contributed by atoms with Gasteiger partial charge in [-0.15, -0.1) is 0 Å². The molecule has 0 bridgehead atoms. The maximum Gasteiger partial charge on any atom is 0.309 e. The molecule has 0 fully saturated rings. The van der Waals surface area contributed by atoms with Crippen molar-refractivity contribution >= 4 is 17.9 Å². The number of carbonyl (C=O) groups is 3. The van der Waals surface area contributed by atoms with Crippen LogP contribution >= 0.6 is 0 Å². The highest BCUT2D eigenvalue weighted by molar-refractivity contribution is 5.72. The van der Waals surface area contributed by atoms with Crippen LogP contribution in [0.25, 0.3) is 0 Å². The number of hydrogen-bond acceptors (Lipinski definition) is 6. The zero-order valence-electron chi connectivity index (χ0n) is 49.9. The second kappa shape index (κ2) is 64.1. The topological polar surface area (TPSA) is 78.9 Å². The Morgan fingerprint density at radius 3 is 0.909 bits per heavy atom. The van der Waals surface area contributed by atoms with Gasteiger partial charge in [0.1, 0.15) is 13.2 Å². The summed E-state index contributed by atoms with van der Waals surface area (Å²) in [7, 11) is 0. The van der Waals surface area contributed by atoms with Gasteiger partial charge < -0.3 is 14.2 Å². The van der Waals surface area contributed by atoms with Crippen LogP contribution in [0, 0.1) is 0 Å². The van der Waals surface area contributed by atoms with Crippen LogP contribution in [-0.4, -0.2) is 37.2 Å². The highest BCUT2D eigenvalue weighted by Crippen LogP contribution is 2.14. The van der Waals surface area contributed by atoms with E-state index in [4.69, 9.17) is 14.2 Å². The van der Waals surface area contributed by atoms with Gasteiger partial charge in [-0.1, -0.05) is 270 Å². The third kappa shape index (κ3) is 62.3. The maximum atomic E-state index is 12.9. The summed E-state index contributed by atoms with van der Waals surface area (Å²) in [6, 6.07) is 0. The minimum Gasteiger partial charge on any atom is -0.462 e. The van der Waals surface area contributed by atoms with E-state index in [0.717, 1.165) is 116 Å². The fraction of sp³-hybridized carbons (Fsp3) is 0.648. The summed E-state index contributed by atoms with van der Waals surface area (Å²) in [6.07, 6.45) is 90.5. The average Bonchev–Trinajstić information content (AvgIpc) is 3.43. The van der Waals surface area contributed by atoms with Crippen LogP contribution in [0.4, 0.5) is 0 Å². The largest absolute Gasteiger partial charge is 0.462 e. The molecular weight excluding hydrogens is 949 g/mol. The first-order valence-electron chi connectivity index (χ1n) is 31.7. The zero-order chi connectivity index (χ0) is 55.7. The molecule has 0 aliphatic heterocycles. The van der Waals surface area contributed by atoms with E-state index in [0.29, 0.717) is 6.42 Å². The Morgan fingerprint density at radius 1 is 0.286 bits per heavy atom. The lowest BCUT2D eigenvalue weighted by Gasteiger charge is -2.18. The predicted molar refractivity (Wildman–Crippen MR) is 334 cm³/mol. The standard InChI is InChI=1S/C71H116O6/c1-4-7-10-13-16-19-22-25-28-30-32-34-35-37-38-40-43-46-49-52-55-58-61-64-70(73)76-67-68(66-75-69(72)63-60-57-54-51-48-45-42-27-24-21-18-15-12-9-6-3)77-71(74)65-62-59-56-53-50-47-44-41-39-36-33-31-29-26-23-20-17-14-11-8-5-2/h9,12,18,21-23,25-27,30-33,35,37,39,41-42,48,51,57,60,68H,4-8,10-11,13-17,19-20,24,28-29,34,36,38,40,43-47,49-50,52-56,58-59,61-67H2,1-3H3/b12-9-,21-18-,25-22-,26-23-,32-30-,33-31-,37-35-,41-39-,42-27-,51-48-,60-57-. The molecule has 0 rings (SSSR count). The van der Waals surface area contributed by atoms with Crippen LogP contribution in [0.2, 0.25) is 0 Å². The average molecular weight is 1070 g/mol. The molecule has 0 heterocycles. The van der Waals surface area contributed by atoms with Crippen LogP contribution in [0.3, 0.4) is 0 Å². The smallest absolute Gasteiger partial charge is 0.309 e. The molecule has 0 saturated heterocycles. The van der Waals surface area contributed by atoms with Gasteiger partial charge in [-0.25, -0.2) is 0 Å². The Morgan fingerprint density at radius 2 is 0.558 bits per heavy atom. The van der Waals surface area contributed by atoms with Crippen molar-refractivity contribution < 1.29 is 28.6 Å². The summed E-state index contributed by atoms with van der Waals surface area (Å²) in [5.41, 5.74) is 0. The van der Waals surface area contributed by atoms with Crippen molar-refractivity contribution in [1.82, 2.24) is 0 Å². The Labute approximate surface area is 475 Å². The monoisotopic (exact) mass is 1060 g/mol. The number of hydrogen-bond donors (Lipinski definition) is 0. The van der Waals surface area contributed by atoms with Crippen LogP contribution in [0.15, 0.2) is 134 Å². The number of rotatable bonds is 56. The van der Waals surface area contributed by atoms with E-state index in [9.17, 15) is 14.4 Å². The molecule has 436 valence electrons. The Hall–Kier alpha value is -4.45. The van der Waals surface area contributed by atoms with Gasteiger partial charge >= 0.3 is 17.9 Å². The van der Waals surface area contributed by atoms with E-state index in [-0.39, 0.29) is 38.0 Å². The van der Waals surface area contributed by atoms with Crippen LogP contribution in [0.5, 0.6) is 0 Å². The van der Waals surface area contributed by atoms with Crippen molar-refractivity contribution in [2.75, 3.05) is 13.2 Å². The number of ether oxygens (including phenoxy) is 3. The highest BCUT2D eigenvalue weighted by Gasteiger charge is 2.19. The third-order valence-corrected chi connectivity index (χ3v) is 13.1. The van der Waals surface area contributed by atoms with Crippen molar-refractivity contribution in [2.45, 2.75) is 284 Å². The molecule has 0 amide bonds. The first-order chi connectivity index (χ1) is 38.0. The van der Waals surface area contributed by atoms with Crippen LogP contribution < -0.4 is 0 Å². The molecule has 0 aliphatic rings. The molecule has 0 radical (unpaired) electrons. The van der Waals surface area contributed by atoms with E-state index >= 15 is 0 Å². The minimum atomic E-state index is -0.835. The second-order valence-electron chi connectivity index (χ2n) is 20.6. The summed E-state index contributed by atoms with van der Waals surface area (Å²) in [4.78, 5) is 38.2. The lowest BCUT2D eigenvalue weighted by molar-refractivity contribution is -0.166. The molecule has 0 aromatic rings. The molecule has 6 heteroatoms. The van der Waals surface area contributed by atoms with Gasteiger partial charge in [0.05, 0.1) is 6.42 Å². The van der Waals surface area contributed by atoms with Gasteiger partial charge in [-0.3, -0.25) is 14.4 Å². The minimum absolute atomic E-state index is 0.117. The van der Waals surface area contributed by atoms with Crippen LogP contribution in [0.1, 0.15) is 278 Å². The van der Waals surface area contributed by atoms with Crippen molar-refractivity contribution in [3.05, 3.63) is 134 Å². The van der Waals surface area contributed by atoms with Crippen molar-refractivity contribution in [1.29, 1.82) is 0 Å². The maximum absolute atomic E-state index is 12.9. The van der Waals surface area contributed by atoms with Gasteiger partial charge in [0.25, 0.3) is 0 Å². The number of carbonyl (C=O) groups excluding carboxylic acids is 3. The molecule has 0 saturated carbocycles. The molecule has 6 nitrogen and oxygen atoms in total. The lowest BCUT2D eigenvalue weighted by Crippen LogP contribution is -2.30. The number of esters is 3. The molecule has 77 heavy (non-hydrogen) atoms. The molecule has 0 spiro atoms. The van der Waals surface area contributed by atoms with Crippen LogP contribution in [-0.2, 0) is 28.6 Å².